The van der Waals surface area contributed by atoms with Crippen LogP contribution in [0, 0.1) is 26.2 Å². The molecule has 0 spiro atoms. The predicted octanol–water partition coefficient (Wildman–Crippen LogP) is 14.7. The van der Waals surface area contributed by atoms with Crippen molar-refractivity contribution in [2.45, 2.75) is 20.8 Å². The average molecular weight is 717 g/mol. The Morgan fingerprint density at radius 2 is 0.804 bits per heavy atom. The maximum absolute atomic E-state index is 8.32. The number of benzene rings is 9. The van der Waals surface area contributed by atoms with Crippen LogP contribution in [0.25, 0.3) is 93.5 Å². The third-order valence-electron chi connectivity index (χ3n) is 11.7. The van der Waals surface area contributed by atoms with Gasteiger partial charge >= 0.3 is 0 Å². The van der Waals surface area contributed by atoms with Gasteiger partial charge in [0.25, 0.3) is 0 Å². The highest BCUT2D eigenvalue weighted by atomic mass is 15.0. The van der Waals surface area contributed by atoms with Crippen molar-refractivity contribution in [3.63, 3.8) is 0 Å². The molecule has 1 aromatic heterocycles. The van der Waals surface area contributed by atoms with Gasteiger partial charge in [0.1, 0.15) is 0 Å². The molecule has 0 saturated heterocycles. The van der Waals surface area contributed by atoms with Crippen LogP contribution in [0.1, 0.15) is 22.3 Å². The van der Waals surface area contributed by atoms with E-state index >= 15 is 0 Å². The highest BCUT2D eigenvalue weighted by Crippen LogP contribution is 2.46. The Bertz CT molecular complexity index is 3130. The summed E-state index contributed by atoms with van der Waals surface area (Å²) in [4.78, 5) is 0. The van der Waals surface area contributed by atoms with E-state index in [2.05, 4.69) is 201 Å². The number of aryl methyl sites for hydroxylation is 3. The largest absolute Gasteiger partial charge is 0.309 e. The van der Waals surface area contributed by atoms with E-state index in [1.165, 1.54) is 106 Å². The van der Waals surface area contributed by atoms with E-state index in [0.717, 1.165) is 16.5 Å². The number of nitrogens with one attached hydrogen (secondary N) is 1. The predicted molar refractivity (Wildman–Crippen MR) is 240 cm³/mol. The SMILES string of the molecule is Cc1cc2c(-c3ccc(-c4ccc5c(c4)c4ccccc4n5-c4ccccc4)cc3)c3cc(C)c(C=N)cc3c(-c3ccc(-c4ccccc4)cc3)c2cc1C. The zero-order chi connectivity index (χ0) is 37.9. The lowest BCUT2D eigenvalue weighted by Crippen LogP contribution is -1.96. The quantitative estimate of drug-likeness (QED) is 0.131. The molecule has 56 heavy (non-hydrogen) atoms. The molecule has 0 unspecified atom stereocenters. The normalized spacial score (nSPS) is 11.6. The van der Waals surface area contributed by atoms with Crippen molar-refractivity contribution in [2.75, 3.05) is 0 Å². The molecule has 0 atom stereocenters. The molecule has 0 saturated carbocycles. The molecule has 0 amide bonds. The van der Waals surface area contributed by atoms with Crippen molar-refractivity contribution in [3.8, 4) is 50.2 Å². The van der Waals surface area contributed by atoms with E-state index in [4.69, 9.17) is 5.41 Å². The van der Waals surface area contributed by atoms with Crippen LogP contribution in [-0.4, -0.2) is 10.8 Å². The van der Waals surface area contributed by atoms with E-state index < -0.39 is 0 Å². The molecule has 0 aliphatic heterocycles. The summed E-state index contributed by atoms with van der Waals surface area (Å²) in [7, 11) is 0. The molecule has 0 fully saturated rings. The van der Waals surface area contributed by atoms with Gasteiger partial charge in [-0.25, -0.2) is 0 Å². The lowest BCUT2D eigenvalue weighted by Gasteiger charge is -2.21. The smallest absolute Gasteiger partial charge is 0.0541 e. The minimum absolute atomic E-state index is 0.938. The van der Waals surface area contributed by atoms with Gasteiger partial charge in [0, 0.05) is 22.7 Å². The molecule has 1 N–H and O–H groups in total. The van der Waals surface area contributed by atoms with Crippen LogP contribution in [0.4, 0.5) is 0 Å². The summed E-state index contributed by atoms with van der Waals surface area (Å²) in [6.45, 7) is 6.55. The van der Waals surface area contributed by atoms with Crippen LogP contribution in [0.2, 0.25) is 0 Å². The first-order valence-electron chi connectivity index (χ1n) is 19.3. The standard InChI is InChI=1S/C54H40N2/c1-34-28-47-48(29-35(34)2)54(41-22-18-38(19-23-41)37-12-6-4-7-13-37)50-32-43(33-55)36(3)30-49(50)53(47)40-24-20-39(21-25-40)42-26-27-52-46(31-42)45-16-10-11-17-51(45)56(52)44-14-8-5-9-15-44/h4-33,55H,1-3H3. The van der Waals surface area contributed by atoms with Crippen molar-refractivity contribution in [1.29, 1.82) is 5.41 Å². The van der Waals surface area contributed by atoms with Crippen molar-refractivity contribution in [1.82, 2.24) is 4.57 Å². The van der Waals surface area contributed by atoms with E-state index in [0.29, 0.717) is 0 Å². The van der Waals surface area contributed by atoms with Crippen LogP contribution in [0.5, 0.6) is 0 Å². The van der Waals surface area contributed by atoms with Gasteiger partial charge in [0.05, 0.1) is 11.0 Å². The second-order valence-electron chi connectivity index (χ2n) is 15.1. The number of fused-ring (bicyclic) bond motifs is 5. The summed E-state index contributed by atoms with van der Waals surface area (Å²) >= 11 is 0. The maximum Gasteiger partial charge on any atom is 0.0541 e. The molecule has 0 bridgehead atoms. The van der Waals surface area contributed by atoms with Crippen molar-refractivity contribution >= 4 is 49.6 Å². The Morgan fingerprint density at radius 1 is 0.357 bits per heavy atom. The van der Waals surface area contributed by atoms with Crippen molar-refractivity contribution in [2.24, 2.45) is 0 Å². The van der Waals surface area contributed by atoms with Gasteiger partial charge in [0.2, 0.25) is 0 Å². The summed E-state index contributed by atoms with van der Waals surface area (Å²) in [5.41, 5.74) is 17.7. The van der Waals surface area contributed by atoms with Crippen LogP contribution < -0.4 is 0 Å². The number of nitrogens with zero attached hydrogens (tertiary/aromatic N) is 1. The highest BCUT2D eigenvalue weighted by molar-refractivity contribution is 6.22. The molecule has 2 heteroatoms. The Kier molecular flexibility index (Phi) is 8.01. The fourth-order valence-corrected chi connectivity index (χ4v) is 8.73. The molecule has 10 aromatic rings. The number of hydrogen-bond acceptors (Lipinski definition) is 1. The van der Waals surface area contributed by atoms with Crippen LogP contribution >= 0.6 is 0 Å². The Labute approximate surface area is 327 Å². The minimum atomic E-state index is 0.938. The third-order valence-corrected chi connectivity index (χ3v) is 11.7. The van der Waals surface area contributed by atoms with Gasteiger partial charge in [-0.1, -0.05) is 140 Å². The topological polar surface area (TPSA) is 28.8 Å². The molecular formula is C54H40N2. The van der Waals surface area contributed by atoms with Crippen molar-refractivity contribution in [3.05, 3.63) is 198 Å². The van der Waals surface area contributed by atoms with Crippen molar-refractivity contribution < 1.29 is 0 Å². The number of para-hydroxylation sites is 2. The lowest BCUT2D eigenvalue weighted by atomic mass is 9.83. The maximum atomic E-state index is 8.32. The summed E-state index contributed by atoms with van der Waals surface area (Å²) in [6.07, 6.45) is 1.49. The van der Waals surface area contributed by atoms with Gasteiger partial charge in [-0.3, -0.25) is 0 Å². The fourth-order valence-electron chi connectivity index (χ4n) is 8.73. The van der Waals surface area contributed by atoms with E-state index in [1.807, 2.05) is 0 Å². The number of hydrogen-bond donors (Lipinski definition) is 1. The van der Waals surface area contributed by atoms with Gasteiger partial charge in [0.15, 0.2) is 0 Å². The van der Waals surface area contributed by atoms with E-state index in [-0.39, 0.29) is 0 Å². The second-order valence-corrected chi connectivity index (χ2v) is 15.1. The molecule has 0 aliphatic rings. The van der Waals surface area contributed by atoms with Crippen LogP contribution in [0.3, 0.4) is 0 Å². The first-order chi connectivity index (χ1) is 27.5. The third kappa shape index (κ3) is 5.45. The zero-order valence-corrected chi connectivity index (χ0v) is 31.8. The van der Waals surface area contributed by atoms with Gasteiger partial charge < -0.3 is 9.98 Å². The summed E-state index contributed by atoms with van der Waals surface area (Å²) in [6, 6.07) is 64.2. The first-order valence-corrected chi connectivity index (χ1v) is 19.3. The molecule has 0 aliphatic carbocycles. The number of aromatic nitrogens is 1. The summed E-state index contributed by atoms with van der Waals surface area (Å²) < 4.78 is 2.37. The molecule has 9 aromatic carbocycles. The molecule has 2 nitrogen and oxygen atoms in total. The highest BCUT2D eigenvalue weighted by Gasteiger charge is 2.20. The minimum Gasteiger partial charge on any atom is -0.309 e. The Balaban J connectivity index is 1.15. The lowest BCUT2D eigenvalue weighted by molar-refractivity contribution is 1.18. The van der Waals surface area contributed by atoms with Gasteiger partial charge in [-0.2, -0.15) is 0 Å². The van der Waals surface area contributed by atoms with Crippen LogP contribution in [-0.2, 0) is 0 Å². The second kappa shape index (κ2) is 13.4. The average Bonchev–Trinajstić information content (AvgIpc) is 3.58. The molecule has 10 rings (SSSR count). The Hall–Kier alpha value is -7.03. The Morgan fingerprint density at radius 3 is 1.41 bits per heavy atom. The molecular weight excluding hydrogens is 677 g/mol. The first kappa shape index (κ1) is 33.5. The molecule has 0 radical (unpaired) electrons. The van der Waals surface area contributed by atoms with Crippen LogP contribution in [0.15, 0.2) is 176 Å². The zero-order valence-electron chi connectivity index (χ0n) is 31.8. The van der Waals surface area contributed by atoms with Gasteiger partial charge in [-0.15, -0.1) is 0 Å². The number of rotatable bonds is 6. The monoisotopic (exact) mass is 716 g/mol. The van der Waals surface area contributed by atoms with Gasteiger partial charge in [-0.05, 0) is 145 Å². The molecule has 1 heterocycles. The van der Waals surface area contributed by atoms with E-state index in [9.17, 15) is 0 Å². The van der Waals surface area contributed by atoms with E-state index in [1.54, 1.807) is 0 Å². The summed E-state index contributed by atoms with van der Waals surface area (Å²) in [5, 5.41) is 15.7. The molecule has 266 valence electrons. The summed E-state index contributed by atoms with van der Waals surface area (Å²) in [5.74, 6) is 0. The fraction of sp³-hybridized carbons (Fsp3) is 0.0556.